The van der Waals surface area contributed by atoms with Crippen LogP contribution in [0.1, 0.15) is 28.5 Å². The Hall–Kier alpha value is -2.68. The number of nitrogens with zero attached hydrogens (tertiary/aromatic N) is 3. The van der Waals surface area contributed by atoms with Crippen LogP contribution in [-0.2, 0) is 6.42 Å². The number of nitrogens with one attached hydrogen (secondary N) is 1. The number of primary amides is 1. The van der Waals surface area contributed by atoms with Crippen LogP contribution in [0.15, 0.2) is 18.2 Å². The fraction of sp³-hybridized carbons (Fsp3) is 0.167. The van der Waals surface area contributed by atoms with E-state index in [2.05, 4.69) is 21.5 Å². The first kappa shape index (κ1) is 11.8. The van der Waals surface area contributed by atoms with Gasteiger partial charge in [-0.2, -0.15) is 20.7 Å². The number of aromatic nitrogens is 3. The second-order valence-corrected chi connectivity index (χ2v) is 3.72. The van der Waals surface area contributed by atoms with Crippen molar-refractivity contribution in [2.45, 2.75) is 13.3 Å². The van der Waals surface area contributed by atoms with Crippen LogP contribution in [-0.4, -0.2) is 21.3 Å². The fourth-order valence-corrected chi connectivity index (χ4v) is 1.78. The highest BCUT2D eigenvalue weighted by Gasteiger charge is 2.17. The van der Waals surface area contributed by atoms with Gasteiger partial charge in [-0.05, 0) is 24.1 Å². The first-order valence-corrected chi connectivity index (χ1v) is 5.41. The van der Waals surface area contributed by atoms with E-state index in [0.717, 1.165) is 17.5 Å². The van der Waals surface area contributed by atoms with Crippen LogP contribution in [0.3, 0.4) is 0 Å². The molecule has 0 saturated heterocycles. The summed E-state index contributed by atoms with van der Waals surface area (Å²) in [5.74, 6) is -0.634. The zero-order chi connectivity index (χ0) is 13.1. The lowest BCUT2D eigenvalue weighted by molar-refractivity contribution is 0.0996. The number of benzene rings is 1. The van der Waals surface area contributed by atoms with Gasteiger partial charge in [0, 0.05) is 5.56 Å². The number of amides is 1. The van der Waals surface area contributed by atoms with Crippen molar-refractivity contribution in [3.05, 3.63) is 35.0 Å². The number of carbonyl (C=O) groups is 1. The van der Waals surface area contributed by atoms with E-state index in [1.54, 1.807) is 18.2 Å². The van der Waals surface area contributed by atoms with E-state index in [1.165, 1.54) is 0 Å². The van der Waals surface area contributed by atoms with Crippen LogP contribution in [0.25, 0.3) is 11.3 Å². The van der Waals surface area contributed by atoms with Crippen molar-refractivity contribution < 1.29 is 4.79 Å². The predicted octanol–water partition coefficient (Wildman–Crippen LogP) is 1.00. The molecule has 90 valence electrons. The lowest BCUT2D eigenvalue weighted by Gasteiger charge is -2.06. The Morgan fingerprint density at radius 3 is 2.89 bits per heavy atom. The van der Waals surface area contributed by atoms with Gasteiger partial charge in [-0.15, -0.1) is 0 Å². The van der Waals surface area contributed by atoms with Crippen molar-refractivity contribution in [2.24, 2.45) is 5.73 Å². The third kappa shape index (κ3) is 1.94. The highest BCUT2D eigenvalue weighted by molar-refractivity contribution is 5.97. The largest absolute Gasteiger partial charge is 0.364 e. The summed E-state index contributed by atoms with van der Waals surface area (Å²) in [7, 11) is 0. The van der Waals surface area contributed by atoms with Crippen LogP contribution in [0.2, 0.25) is 0 Å². The molecule has 0 atom stereocenters. The number of hydrogen-bond donors (Lipinski definition) is 2. The molecule has 2 aromatic rings. The van der Waals surface area contributed by atoms with Gasteiger partial charge in [0.05, 0.1) is 11.6 Å². The van der Waals surface area contributed by atoms with Crippen LogP contribution in [0, 0.1) is 11.3 Å². The number of carbonyl (C=O) groups excluding carboxylic acids is 1. The summed E-state index contributed by atoms with van der Waals surface area (Å²) in [6, 6.07) is 7.27. The maximum atomic E-state index is 11.2. The van der Waals surface area contributed by atoms with Crippen LogP contribution in [0.4, 0.5) is 0 Å². The number of aryl methyl sites for hydroxylation is 1. The van der Waals surface area contributed by atoms with Gasteiger partial charge in [0.2, 0.25) is 0 Å². The van der Waals surface area contributed by atoms with Gasteiger partial charge in [-0.3, -0.25) is 4.79 Å². The number of aromatic amines is 1. The van der Waals surface area contributed by atoms with E-state index in [-0.39, 0.29) is 5.69 Å². The smallest absolute Gasteiger partial charge is 0.271 e. The second kappa shape index (κ2) is 4.67. The molecule has 0 fully saturated rings. The van der Waals surface area contributed by atoms with Crippen LogP contribution < -0.4 is 5.73 Å². The third-order valence-electron chi connectivity index (χ3n) is 2.65. The lowest BCUT2D eigenvalue weighted by Crippen LogP contribution is -2.13. The molecular weight excluding hydrogens is 230 g/mol. The summed E-state index contributed by atoms with van der Waals surface area (Å²) >= 11 is 0. The summed E-state index contributed by atoms with van der Waals surface area (Å²) in [6.45, 7) is 1.96. The molecule has 6 heteroatoms. The van der Waals surface area contributed by atoms with E-state index in [9.17, 15) is 4.79 Å². The van der Waals surface area contributed by atoms with E-state index in [4.69, 9.17) is 11.0 Å². The SMILES string of the molecule is CCc1cc(C#N)ccc1-c1n[nH]nc1C(N)=O. The maximum absolute atomic E-state index is 11.2. The molecule has 0 aliphatic carbocycles. The first-order chi connectivity index (χ1) is 8.67. The van der Waals surface area contributed by atoms with Gasteiger partial charge in [0.1, 0.15) is 5.69 Å². The molecule has 18 heavy (non-hydrogen) atoms. The number of H-pyrrole nitrogens is 1. The van der Waals surface area contributed by atoms with E-state index in [0.29, 0.717) is 11.3 Å². The molecule has 6 nitrogen and oxygen atoms in total. The highest BCUT2D eigenvalue weighted by Crippen LogP contribution is 2.25. The quantitative estimate of drug-likeness (QED) is 0.835. The van der Waals surface area contributed by atoms with Crippen molar-refractivity contribution in [3.63, 3.8) is 0 Å². The van der Waals surface area contributed by atoms with Crippen LogP contribution >= 0.6 is 0 Å². The summed E-state index contributed by atoms with van der Waals surface area (Å²) in [6.07, 6.45) is 0.718. The Balaban J connectivity index is 2.61. The molecule has 3 N–H and O–H groups in total. The van der Waals surface area contributed by atoms with Crippen molar-refractivity contribution in [2.75, 3.05) is 0 Å². The standard InChI is InChI=1S/C12H11N5O/c1-2-8-5-7(6-13)3-4-9(8)10-11(12(14)18)16-17-15-10/h3-5H,2H2,1H3,(H2,14,18)(H,15,16,17). The monoisotopic (exact) mass is 241 g/mol. The summed E-state index contributed by atoms with van der Waals surface area (Å²) in [4.78, 5) is 11.2. The van der Waals surface area contributed by atoms with E-state index >= 15 is 0 Å². The Kier molecular flexibility index (Phi) is 3.06. The number of nitrogens with two attached hydrogens (primary N) is 1. The van der Waals surface area contributed by atoms with Gasteiger partial charge >= 0.3 is 0 Å². The minimum atomic E-state index is -0.634. The molecule has 0 aliphatic heterocycles. The molecule has 1 aromatic heterocycles. The van der Waals surface area contributed by atoms with Crippen molar-refractivity contribution >= 4 is 5.91 Å². The number of hydrogen-bond acceptors (Lipinski definition) is 4. The lowest BCUT2D eigenvalue weighted by atomic mass is 9.98. The topological polar surface area (TPSA) is 108 Å². The number of nitriles is 1. The van der Waals surface area contributed by atoms with Crippen molar-refractivity contribution in [1.29, 1.82) is 5.26 Å². The third-order valence-corrected chi connectivity index (χ3v) is 2.65. The molecule has 1 aromatic carbocycles. The average molecular weight is 241 g/mol. The Morgan fingerprint density at radius 1 is 1.50 bits per heavy atom. The van der Waals surface area contributed by atoms with Gasteiger partial charge < -0.3 is 5.73 Å². The van der Waals surface area contributed by atoms with Gasteiger partial charge in [0.25, 0.3) is 5.91 Å². The van der Waals surface area contributed by atoms with Crippen LogP contribution in [0.5, 0.6) is 0 Å². The molecule has 0 radical (unpaired) electrons. The van der Waals surface area contributed by atoms with E-state index in [1.807, 2.05) is 6.92 Å². The first-order valence-electron chi connectivity index (χ1n) is 5.41. The Bertz CT molecular complexity index is 638. The Labute approximate surface area is 103 Å². The molecule has 2 rings (SSSR count). The second-order valence-electron chi connectivity index (χ2n) is 3.72. The molecule has 0 spiro atoms. The molecule has 0 bridgehead atoms. The zero-order valence-corrected chi connectivity index (χ0v) is 9.77. The average Bonchev–Trinajstić information content (AvgIpc) is 2.87. The molecule has 1 heterocycles. The van der Waals surface area contributed by atoms with Crippen molar-refractivity contribution in [3.8, 4) is 17.3 Å². The highest BCUT2D eigenvalue weighted by atomic mass is 16.1. The minimum absolute atomic E-state index is 0.106. The summed E-state index contributed by atoms with van der Waals surface area (Å²) in [5, 5.41) is 18.9. The predicted molar refractivity (Wildman–Crippen MR) is 64.4 cm³/mol. The molecule has 0 saturated carbocycles. The number of rotatable bonds is 3. The molecule has 1 amide bonds. The molecule has 0 aliphatic rings. The Morgan fingerprint density at radius 2 is 2.28 bits per heavy atom. The maximum Gasteiger partial charge on any atom is 0.271 e. The fourth-order valence-electron chi connectivity index (χ4n) is 1.78. The van der Waals surface area contributed by atoms with Crippen molar-refractivity contribution in [1.82, 2.24) is 15.4 Å². The van der Waals surface area contributed by atoms with E-state index < -0.39 is 5.91 Å². The normalized spacial score (nSPS) is 10.0. The summed E-state index contributed by atoms with van der Waals surface area (Å²) in [5.41, 5.74) is 8.01. The molecular formula is C12H11N5O. The van der Waals surface area contributed by atoms with Gasteiger partial charge in [-0.1, -0.05) is 13.0 Å². The summed E-state index contributed by atoms with van der Waals surface area (Å²) < 4.78 is 0. The minimum Gasteiger partial charge on any atom is -0.364 e. The van der Waals surface area contributed by atoms with Gasteiger partial charge in [-0.25, -0.2) is 0 Å². The molecule has 0 unspecified atom stereocenters. The zero-order valence-electron chi connectivity index (χ0n) is 9.77. The van der Waals surface area contributed by atoms with Gasteiger partial charge in [0.15, 0.2) is 5.69 Å².